The minimum absolute atomic E-state index is 0.271. The molecule has 3 aromatic rings. The highest BCUT2D eigenvalue weighted by Gasteiger charge is 2.12. The van der Waals surface area contributed by atoms with Gasteiger partial charge in [-0.1, -0.05) is 13.0 Å². The summed E-state index contributed by atoms with van der Waals surface area (Å²) in [4.78, 5) is 20.0. The van der Waals surface area contributed by atoms with Crippen LogP contribution in [0, 0.1) is 6.92 Å². The lowest BCUT2D eigenvalue weighted by atomic mass is 10.2. The van der Waals surface area contributed by atoms with Crippen molar-refractivity contribution in [2.75, 3.05) is 7.05 Å². The van der Waals surface area contributed by atoms with E-state index in [0.29, 0.717) is 22.4 Å². The molecule has 0 aliphatic carbocycles. The Balaban J connectivity index is 1.82. The van der Waals surface area contributed by atoms with Gasteiger partial charge in [0, 0.05) is 42.8 Å². The normalized spacial score (nSPS) is 10.4. The molecular formula is C18H18N4O3S. The van der Waals surface area contributed by atoms with Crippen LogP contribution in [0.1, 0.15) is 28.8 Å². The first kappa shape index (κ1) is 17.8. The molecular weight excluding hydrogens is 352 g/mol. The predicted molar refractivity (Wildman–Crippen MR) is 98.2 cm³/mol. The van der Waals surface area contributed by atoms with Gasteiger partial charge >= 0.3 is 0 Å². The lowest BCUT2D eigenvalue weighted by molar-refractivity contribution is 0.0958. The topological polar surface area (TPSA) is 86.2 Å². The molecule has 0 saturated heterocycles. The Labute approximate surface area is 155 Å². The molecule has 1 aromatic carbocycles. The van der Waals surface area contributed by atoms with Crippen molar-refractivity contribution in [3.8, 4) is 22.4 Å². The molecule has 8 heteroatoms. The van der Waals surface area contributed by atoms with Crippen LogP contribution in [-0.4, -0.2) is 27.3 Å². The van der Waals surface area contributed by atoms with E-state index in [1.54, 1.807) is 19.2 Å². The van der Waals surface area contributed by atoms with Crippen molar-refractivity contribution in [2.45, 2.75) is 20.3 Å². The molecule has 26 heavy (non-hydrogen) atoms. The number of amides is 1. The van der Waals surface area contributed by atoms with E-state index in [2.05, 4.69) is 19.7 Å². The highest BCUT2D eigenvalue weighted by molar-refractivity contribution is 7.07. The Kier molecular flexibility index (Phi) is 5.43. The number of aromatic nitrogens is 3. The summed E-state index contributed by atoms with van der Waals surface area (Å²) in [6, 6.07) is 8.79. The van der Waals surface area contributed by atoms with Crippen molar-refractivity contribution in [3.63, 3.8) is 0 Å². The summed E-state index contributed by atoms with van der Waals surface area (Å²) in [6.07, 6.45) is 2.29. The first-order valence-corrected chi connectivity index (χ1v) is 8.84. The molecule has 0 radical (unpaired) electrons. The summed E-state index contributed by atoms with van der Waals surface area (Å²) in [6.45, 7) is 3.89. The van der Waals surface area contributed by atoms with Gasteiger partial charge in [0.2, 0.25) is 0 Å². The minimum Gasteiger partial charge on any atom is -0.457 e. The Morgan fingerprint density at radius 2 is 2.00 bits per heavy atom. The maximum absolute atomic E-state index is 11.7. The van der Waals surface area contributed by atoms with Crippen LogP contribution in [0.15, 0.2) is 36.5 Å². The SMILES string of the molecule is CCc1nsc(Oc2cccc(Oc3ccnc(C(=O)NC)c3)c2C)n1. The van der Waals surface area contributed by atoms with Gasteiger partial charge < -0.3 is 14.8 Å². The highest BCUT2D eigenvalue weighted by atomic mass is 32.1. The zero-order chi connectivity index (χ0) is 18.5. The second-order valence-corrected chi connectivity index (χ2v) is 6.08. The molecule has 3 rings (SSSR count). The van der Waals surface area contributed by atoms with E-state index in [4.69, 9.17) is 9.47 Å². The smallest absolute Gasteiger partial charge is 0.298 e. The fourth-order valence-corrected chi connectivity index (χ4v) is 2.81. The van der Waals surface area contributed by atoms with E-state index < -0.39 is 0 Å². The van der Waals surface area contributed by atoms with Crippen molar-refractivity contribution in [2.24, 2.45) is 0 Å². The molecule has 0 fully saturated rings. The quantitative estimate of drug-likeness (QED) is 0.711. The monoisotopic (exact) mass is 370 g/mol. The second-order valence-electron chi connectivity index (χ2n) is 5.37. The van der Waals surface area contributed by atoms with Crippen molar-refractivity contribution >= 4 is 17.4 Å². The summed E-state index contributed by atoms with van der Waals surface area (Å²) >= 11 is 1.22. The Hall–Kier alpha value is -3.00. The molecule has 0 unspecified atom stereocenters. The molecule has 0 spiro atoms. The number of pyridine rings is 1. The fourth-order valence-electron chi connectivity index (χ4n) is 2.19. The predicted octanol–water partition coefficient (Wildman–Crippen LogP) is 3.75. The molecule has 134 valence electrons. The van der Waals surface area contributed by atoms with E-state index >= 15 is 0 Å². The lowest BCUT2D eigenvalue weighted by Crippen LogP contribution is -2.18. The van der Waals surface area contributed by atoms with Crippen molar-refractivity contribution < 1.29 is 14.3 Å². The zero-order valence-corrected chi connectivity index (χ0v) is 15.5. The molecule has 0 bridgehead atoms. The van der Waals surface area contributed by atoms with Crippen LogP contribution in [0.2, 0.25) is 0 Å². The molecule has 7 nitrogen and oxygen atoms in total. The van der Waals surface area contributed by atoms with Crippen LogP contribution >= 0.6 is 11.5 Å². The van der Waals surface area contributed by atoms with Crippen molar-refractivity contribution in [1.29, 1.82) is 0 Å². The summed E-state index contributed by atoms with van der Waals surface area (Å²) in [5.74, 6) is 2.27. The Morgan fingerprint density at radius 1 is 1.23 bits per heavy atom. The van der Waals surface area contributed by atoms with Crippen LogP contribution in [0.25, 0.3) is 0 Å². The van der Waals surface area contributed by atoms with Gasteiger partial charge in [0.15, 0.2) is 0 Å². The number of benzene rings is 1. The summed E-state index contributed by atoms with van der Waals surface area (Å²) in [5.41, 5.74) is 1.11. The Bertz CT molecular complexity index is 926. The molecule has 0 aliphatic heterocycles. The number of aryl methyl sites for hydroxylation is 1. The van der Waals surface area contributed by atoms with E-state index in [1.807, 2.05) is 32.0 Å². The number of ether oxygens (including phenoxy) is 2. The number of carbonyl (C=O) groups is 1. The molecule has 1 amide bonds. The van der Waals surface area contributed by atoms with Gasteiger partial charge in [-0.3, -0.25) is 9.78 Å². The highest BCUT2D eigenvalue weighted by Crippen LogP contribution is 2.34. The third-order valence-corrected chi connectivity index (χ3v) is 4.25. The molecule has 0 aliphatic rings. The van der Waals surface area contributed by atoms with Crippen molar-refractivity contribution in [1.82, 2.24) is 19.7 Å². The maximum atomic E-state index is 11.7. The van der Waals surface area contributed by atoms with Gasteiger partial charge in [0.25, 0.3) is 11.1 Å². The number of carbonyl (C=O) groups excluding carboxylic acids is 1. The summed E-state index contributed by atoms with van der Waals surface area (Å²) in [7, 11) is 1.56. The van der Waals surface area contributed by atoms with E-state index in [1.165, 1.54) is 17.7 Å². The van der Waals surface area contributed by atoms with Gasteiger partial charge in [0.1, 0.15) is 28.8 Å². The number of nitrogens with zero attached hydrogens (tertiary/aromatic N) is 3. The number of hydrogen-bond donors (Lipinski definition) is 1. The number of nitrogens with one attached hydrogen (secondary N) is 1. The number of rotatable bonds is 6. The third kappa shape index (κ3) is 3.97. The molecule has 0 saturated carbocycles. The standard InChI is InChI=1S/C18H18N4O3S/c1-4-16-21-18(26-22-16)25-15-7-5-6-14(11(15)2)24-12-8-9-20-13(10-12)17(23)19-3/h5-10H,4H2,1-3H3,(H,19,23). The van der Waals surface area contributed by atoms with Crippen molar-refractivity contribution in [3.05, 3.63) is 53.6 Å². The molecule has 2 heterocycles. The van der Waals surface area contributed by atoms with Crippen LogP contribution in [0.3, 0.4) is 0 Å². The minimum atomic E-state index is -0.271. The second kappa shape index (κ2) is 7.92. The maximum Gasteiger partial charge on any atom is 0.298 e. The average Bonchev–Trinajstić information content (AvgIpc) is 3.12. The van der Waals surface area contributed by atoms with E-state index in [0.717, 1.165) is 17.8 Å². The summed E-state index contributed by atoms with van der Waals surface area (Å²) < 4.78 is 16.0. The van der Waals surface area contributed by atoms with Gasteiger partial charge in [-0.05, 0) is 25.1 Å². The van der Waals surface area contributed by atoms with Crippen LogP contribution in [0.5, 0.6) is 22.4 Å². The van der Waals surface area contributed by atoms with E-state index in [9.17, 15) is 4.79 Å². The number of hydrogen-bond acceptors (Lipinski definition) is 7. The molecule has 1 N–H and O–H groups in total. The largest absolute Gasteiger partial charge is 0.457 e. The van der Waals surface area contributed by atoms with Gasteiger partial charge in [-0.15, -0.1) is 0 Å². The lowest BCUT2D eigenvalue weighted by Gasteiger charge is -2.12. The van der Waals surface area contributed by atoms with Gasteiger partial charge in [-0.2, -0.15) is 9.36 Å². The average molecular weight is 370 g/mol. The van der Waals surface area contributed by atoms with E-state index in [-0.39, 0.29) is 11.6 Å². The first-order valence-electron chi connectivity index (χ1n) is 8.06. The van der Waals surface area contributed by atoms with Gasteiger partial charge in [-0.25, -0.2) is 0 Å². The Morgan fingerprint density at radius 3 is 2.69 bits per heavy atom. The first-order chi connectivity index (χ1) is 12.6. The summed E-state index contributed by atoms with van der Waals surface area (Å²) in [5, 5.41) is 3.03. The van der Waals surface area contributed by atoms with Crippen LogP contribution < -0.4 is 14.8 Å². The van der Waals surface area contributed by atoms with Crippen LogP contribution in [0.4, 0.5) is 0 Å². The van der Waals surface area contributed by atoms with Crippen LogP contribution in [-0.2, 0) is 6.42 Å². The molecule has 2 aromatic heterocycles. The fraction of sp³-hybridized carbons (Fsp3) is 0.222. The van der Waals surface area contributed by atoms with Gasteiger partial charge in [0.05, 0.1) is 0 Å². The third-order valence-electron chi connectivity index (χ3n) is 3.62. The zero-order valence-electron chi connectivity index (χ0n) is 14.6. The molecule has 0 atom stereocenters.